The number of esters is 1. The zero-order valence-electron chi connectivity index (χ0n) is 24.1. The van der Waals surface area contributed by atoms with Crippen LogP contribution in [0.1, 0.15) is 57.1 Å². The summed E-state index contributed by atoms with van der Waals surface area (Å²) in [4.78, 5) is 17.7. The lowest BCUT2D eigenvalue weighted by molar-refractivity contribution is -0.270. The van der Waals surface area contributed by atoms with Crippen molar-refractivity contribution in [3.63, 3.8) is 0 Å². The molecule has 2 saturated heterocycles. The highest BCUT2D eigenvalue weighted by atomic mass is 16.6. The molecule has 2 N–H and O–H groups in total. The number of carbonyl (C=O) groups excluding carboxylic acids is 1. The highest BCUT2D eigenvalue weighted by Gasteiger charge is 2.67. The average molecular weight is 549 g/mol. The van der Waals surface area contributed by atoms with Crippen molar-refractivity contribution < 1.29 is 24.5 Å². The number of methoxy groups -OCH3 is 1. The Morgan fingerprint density at radius 2 is 1.55 bits per heavy atom. The fourth-order valence-electron chi connectivity index (χ4n) is 8.50. The first-order valence-electron chi connectivity index (χ1n) is 14.9. The summed E-state index contributed by atoms with van der Waals surface area (Å²) < 4.78 is 12.0. The van der Waals surface area contributed by atoms with Gasteiger partial charge in [0.1, 0.15) is 6.10 Å². The van der Waals surface area contributed by atoms with Gasteiger partial charge in [0.25, 0.3) is 0 Å². The zero-order chi connectivity index (χ0) is 28.2. The number of aliphatic hydroxyl groups is 2. The lowest BCUT2D eigenvalue weighted by Crippen LogP contribution is -2.69. The van der Waals surface area contributed by atoms with Crippen LogP contribution in [0.5, 0.6) is 0 Å². The predicted molar refractivity (Wildman–Crippen MR) is 152 cm³/mol. The van der Waals surface area contributed by atoms with Gasteiger partial charge in [-0.2, -0.15) is 0 Å². The Kier molecular flexibility index (Phi) is 7.11. The van der Waals surface area contributed by atoms with Crippen LogP contribution in [0.3, 0.4) is 0 Å². The third kappa shape index (κ3) is 4.24. The van der Waals surface area contributed by atoms with E-state index in [0.29, 0.717) is 32.5 Å². The number of hydrogen-bond acceptors (Lipinski definition) is 7. The molecule has 0 aromatic heterocycles. The van der Waals surface area contributed by atoms with Crippen molar-refractivity contribution in [3.8, 4) is 0 Å². The van der Waals surface area contributed by atoms with E-state index in [1.54, 1.807) is 7.11 Å². The summed E-state index contributed by atoms with van der Waals surface area (Å²) in [6, 6.07) is 19.7. The molecule has 0 radical (unpaired) electrons. The maximum absolute atomic E-state index is 13.2. The Morgan fingerprint density at radius 3 is 2.12 bits per heavy atom. The maximum Gasteiger partial charge on any atom is 0.310 e. The van der Waals surface area contributed by atoms with Crippen LogP contribution in [-0.4, -0.2) is 83.1 Å². The van der Waals surface area contributed by atoms with Crippen molar-refractivity contribution in [1.29, 1.82) is 0 Å². The molecular formula is C33H44N2O5. The lowest BCUT2D eigenvalue weighted by Gasteiger charge is -2.62. The van der Waals surface area contributed by atoms with Gasteiger partial charge >= 0.3 is 5.97 Å². The van der Waals surface area contributed by atoms with Gasteiger partial charge in [-0.05, 0) is 39.0 Å². The van der Waals surface area contributed by atoms with Crippen molar-refractivity contribution in [2.45, 2.75) is 69.0 Å². The number of fused-ring (bicyclic) bond motifs is 2. The van der Waals surface area contributed by atoms with Crippen molar-refractivity contribution in [1.82, 2.24) is 9.80 Å². The number of ether oxygens (including phenoxy) is 2. The lowest BCUT2D eigenvalue weighted by atomic mass is 9.49. The van der Waals surface area contributed by atoms with Crippen molar-refractivity contribution in [2.75, 3.05) is 39.8 Å². The third-order valence-corrected chi connectivity index (χ3v) is 11.1. The molecule has 6 unspecified atom stereocenters. The fourth-order valence-corrected chi connectivity index (χ4v) is 8.50. The van der Waals surface area contributed by atoms with E-state index in [1.807, 2.05) is 67.6 Å². The molecule has 2 aromatic rings. The van der Waals surface area contributed by atoms with E-state index in [-0.39, 0.29) is 29.3 Å². The summed E-state index contributed by atoms with van der Waals surface area (Å²) in [5, 5.41) is 24.4. The van der Waals surface area contributed by atoms with E-state index in [0.717, 1.165) is 43.5 Å². The molecule has 7 heteroatoms. The van der Waals surface area contributed by atoms with E-state index in [9.17, 15) is 15.0 Å². The molecular weight excluding hydrogens is 504 g/mol. The minimum Gasteiger partial charge on any atom is -0.462 e. The second-order valence-corrected chi connectivity index (χ2v) is 13.1. The summed E-state index contributed by atoms with van der Waals surface area (Å²) in [6.07, 6.45) is 3.80. The highest BCUT2D eigenvalue weighted by molar-refractivity contribution is 5.75. The Morgan fingerprint density at radius 1 is 0.950 bits per heavy atom. The Balaban J connectivity index is 1.18. The molecule has 4 fully saturated rings. The minimum atomic E-state index is -1.23. The molecule has 2 aliphatic heterocycles. The fraction of sp³-hybridized carbons (Fsp3) is 0.606. The summed E-state index contributed by atoms with van der Waals surface area (Å²) >= 11 is 0. The van der Waals surface area contributed by atoms with Crippen molar-refractivity contribution in [3.05, 3.63) is 71.8 Å². The van der Waals surface area contributed by atoms with Crippen LogP contribution < -0.4 is 0 Å². The van der Waals surface area contributed by atoms with Gasteiger partial charge in [-0.1, -0.05) is 67.6 Å². The minimum absolute atomic E-state index is 0.0262. The van der Waals surface area contributed by atoms with Gasteiger partial charge in [0.05, 0.1) is 17.1 Å². The van der Waals surface area contributed by atoms with Crippen molar-refractivity contribution >= 4 is 5.97 Å². The smallest absolute Gasteiger partial charge is 0.310 e. The number of hydrogen-bond donors (Lipinski definition) is 2. The molecule has 2 aliphatic carbocycles. The molecule has 2 aromatic carbocycles. The summed E-state index contributed by atoms with van der Waals surface area (Å²) in [7, 11) is 1.70. The Bertz CT molecular complexity index is 1160. The van der Waals surface area contributed by atoms with Crippen LogP contribution >= 0.6 is 0 Å². The molecule has 2 heterocycles. The molecule has 2 saturated carbocycles. The Labute approximate surface area is 238 Å². The second-order valence-electron chi connectivity index (χ2n) is 13.1. The largest absolute Gasteiger partial charge is 0.462 e. The summed E-state index contributed by atoms with van der Waals surface area (Å²) in [5.41, 5.74) is -1.49. The van der Waals surface area contributed by atoms with Gasteiger partial charge in [-0.3, -0.25) is 14.6 Å². The third-order valence-electron chi connectivity index (χ3n) is 11.1. The molecule has 7 nitrogen and oxygen atoms in total. The number of rotatable bonds is 6. The first-order valence-corrected chi connectivity index (χ1v) is 14.9. The zero-order valence-corrected chi connectivity index (χ0v) is 24.1. The highest BCUT2D eigenvalue weighted by Crippen LogP contribution is 2.61. The van der Waals surface area contributed by atoms with Gasteiger partial charge in [0, 0.05) is 62.3 Å². The molecule has 0 amide bonds. The SMILES string of the molecule is COC1(C)CCCC2(C)CC3OC(=O)C(CN4CCN(C(O)(c5ccccc5)c5ccccc5)CC4)C3CC21O. The number of piperazine rings is 1. The van der Waals surface area contributed by atoms with Gasteiger partial charge in [-0.25, -0.2) is 0 Å². The number of benzene rings is 2. The summed E-state index contributed by atoms with van der Waals surface area (Å²) in [6.45, 7) is 7.61. The maximum atomic E-state index is 13.2. The quantitative estimate of drug-likeness (QED) is 0.532. The first-order chi connectivity index (χ1) is 19.1. The molecule has 0 spiro atoms. The number of nitrogens with zero attached hydrogens (tertiary/aromatic N) is 2. The molecule has 40 heavy (non-hydrogen) atoms. The monoisotopic (exact) mass is 548 g/mol. The van der Waals surface area contributed by atoms with E-state index < -0.39 is 16.9 Å². The average Bonchev–Trinajstić information content (AvgIpc) is 3.26. The molecule has 216 valence electrons. The summed E-state index contributed by atoms with van der Waals surface area (Å²) in [5.74, 6) is -0.426. The van der Waals surface area contributed by atoms with Crippen LogP contribution in [0.25, 0.3) is 0 Å². The molecule has 6 rings (SSSR count). The van der Waals surface area contributed by atoms with Gasteiger partial charge in [-0.15, -0.1) is 0 Å². The Hall–Kier alpha value is -2.29. The van der Waals surface area contributed by atoms with Gasteiger partial charge < -0.3 is 19.7 Å². The standard InChI is InChI=1S/C33H44N2O5/c1-30-15-10-16-31(2,39-3)32(30,37)21-26-27(29(36)40-28(26)22-30)23-34-17-19-35(20-18-34)33(38,24-11-6-4-7-12-24)25-13-8-5-9-14-25/h4-9,11-14,26-28,37-38H,10,15-23H2,1-3H3. The van der Waals surface area contributed by atoms with E-state index in [1.165, 1.54) is 0 Å². The predicted octanol–water partition coefficient (Wildman–Crippen LogP) is 3.78. The molecule has 4 aliphatic rings. The van der Waals surface area contributed by atoms with E-state index in [2.05, 4.69) is 16.7 Å². The molecule has 6 atom stereocenters. The van der Waals surface area contributed by atoms with Gasteiger partial charge in [0.15, 0.2) is 5.72 Å². The van der Waals surface area contributed by atoms with E-state index >= 15 is 0 Å². The normalized spacial score (nSPS) is 37.0. The number of carbonyl (C=O) groups is 1. The van der Waals surface area contributed by atoms with Crippen LogP contribution in [0, 0.1) is 17.3 Å². The van der Waals surface area contributed by atoms with Crippen LogP contribution in [0.2, 0.25) is 0 Å². The van der Waals surface area contributed by atoms with Crippen LogP contribution in [0.15, 0.2) is 60.7 Å². The van der Waals surface area contributed by atoms with Crippen LogP contribution in [0.4, 0.5) is 0 Å². The topological polar surface area (TPSA) is 82.5 Å². The van der Waals surface area contributed by atoms with Crippen molar-refractivity contribution in [2.24, 2.45) is 17.3 Å². The first kappa shape index (κ1) is 27.9. The van der Waals surface area contributed by atoms with Crippen LogP contribution in [-0.2, 0) is 20.0 Å². The molecule has 0 bridgehead atoms. The second kappa shape index (κ2) is 10.2. The van der Waals surface area contributed by atoms with E-state index in [4.69, 9.17) is 9.47 Å². The van der Waals surface area contributed by atoms with Gasteiger partial charge in [0.2, 0.25) is 0 Å².